The quantitative estimate of drug-likeness (QED) is 0.276. The molecule has 6 rings (SSSR count). The number of imidazole rings is 1. The number of pyridine rings is 1. The van der Waals surface area contributed by atoms with Gasteiger partial charge >= 0.3 is 0 Å². The number of likely N-dealkylation sites (tertiary alicyclic amines) is 2. The molecule has 4 aromatic rings. The summed E-state index contributed by atoms with van der Waals surface area (Å²) in [6.45, 7) is 9.87. The number of aromatic nitrogens is 3. The molecular formula is C29H32BrN5O. The van der Waals surface area contributed by atoms with E-state index in [0.717, 1.165) is 67.1 Å². The largest absolute Gasteiger partial charge is 0.472 e. The first-order valence-corrected chi connectivity index (χ1v) is 13.7. The first-order chi connectivity index (χ1) is 17.7. The van der Waals surface area contributed by atoms with Crippen LogP contribution in [0.4, 0.5) is 0 Å². The van der Waals surface area contributed by atoms with Gasteiger partial charge in [0.15, 0.2) is 5.82 Å². The lowest BCUT2D eigenvalue weighted by Crippen LogP contribution is -2.40. The van der Waals surface area contributed by atoms with E-state index < -0.39 is 0 Å². The van der Waals surface area contributed by atoms with E-state index in [-0.39, 0.29) is 0 Å². The molecule has 0 radical (unpaired) electrons. The van der Waals surface area contributed by atoms with Gasteiger partial charge < -0.3 is 13.9 Å². The van der Waals surface area contributed by atoms with Gasteiger partial charge in [0.1, 0.15) is 5.69 Å². The molecule has 2 aliphatic rings. The maximum absolute atomic E-state index is 5.23. The van der Waals surface area contributed by atoms with Crippen LogP contribution in [0.1, 0.15) is 37.3 Å². The van der Waals surface area contributed by atoms with Crippen LogP contribution in [-0.2, 0) is 6.54 Å². The fourth-order valence-corrected chi connectivity index (χ4v) is 6.20. The molecule has 0 unspecified atom stereocenters. The van der Waals surface area contributed by atoms with Crippen LogP contribution in [0.3, 0.4) is 0 Å². The van der Waals surface area contributed by atoms with Gasteiger partial charge in [-0.15, -0.1) is 0 Å². The van der Waals surface area contributed by atoms with Crippen molar-refractivity contribution in [3.05, 3.63) is 83.5 Å². The van der Waals surface area contributed by atoms with Gasteiger partial charge in [0, 0.05) is 53.5 Å². The van der Waals surface area contributed by atoms with Gasteiger partial charge in [-0.05, 0) is 75.2 Å². The normalized spacial score (nSPS) is 18.2. The number of fused-ring (bicyclic) bond motifs is 1. The number of hydrogen-bond acceptors (Lipinski definition) is 5. The highest BCUT2D eigenvalue weighted by Crippen LogP contribution is 2.36. The summed E-state index contributed by atoms with van der Waals surface area (Å²) < 4.78 is 8.71. The van der Waals surface area contributed by atoms with Crippen LogP contribution >= 0.6 is 15.9 Å². The molecule has 0 amide bonds. The Morgan fingerprint density at radius 1 is 1.03 bits per heavy atom. The predicted octanol–water partition coefficient (Wildman–Crippen LogP) is 6.52. The summed E-state index contributed by atoms with van der Waals surface area (Å²) in [6.07, 6.45) is 10.00. The summed E-state index contributed by atoms with van der Waals surface area (Å²) in [4.78, 5) is 14.7. The van der Waals surface area contributed by atoms with Crippen molar-refractivity contribution in [2.75, 3.05) is 26.2 Å². The van der Waals surface area contributed by atoms with Gasteiger partial charge in [-0.3, -0.25) is 9.88 Å². The van der Waals surface area contributed by atoms with Crippen LogP contribution in [0.15, 0.2) is 82.4 Å². The minimum atomic E-state index is 0.397. The summed E-state index contributed by atoms with van der Waals surface area (Å²) in [7, 11) is 0. The lowest BCUT2D eigenvalue weighted by molar-refractivity contribution is 0.155. The smallest absolute Gasteiger partial charge is 0.160 e. The summed E-state index contributed by atoms with van der Waals surface area (Å²) in [5, 5.41) is 0. The Labute approximate surface area is 220 Å². The fraction of sp³-hybridized carbons (Fsp3) is 0.379. The number of piperidine rings is 2. The second kappa shape index (κ2) is 10.2. The van der Waals surface area contributed by atoms with Crippen LogP contribution in [-0.4, -0.2) is 50.5 Å². The number of furan rings is 1. The third-order valence-electron chi connectivity index (χ3n) is 7.83. The van der Waals surface area contributed by atoms with E-state index in [2.05, 4.69) is 72.2 Å². The predicted molar refractivity (Wildman–Crippen MR) is 146 cm³/mol. The molecule has 0 aliphatic carbocycles. The van der Waals surface area contributed by atoms with E-state index in [1.165, 1.54) is 29.6 Å². The number of halogens is 1. The van der Waals surface area contributed by atoms with Crippen molar-refractivity contribution in [2.24, 2.45) is 5.92 Å². The summed E-state index contributed by atoms with van der Waals surface area (Å²) in [5.74, 6) is 1.55. The first kappa shape index (κ1) is 23.5. The van der Waals surface area contributed by atoms with Crippen molar-refractivity contribution >= 4 is 27.0 Å². The molecule has 2 aliphatic heterocycles. The topological polar surface area (TPSA) is 50.3 Å². The van der Waals surface area contributed by atoms with Gasteiger partial charge in [0.25, 0.3) is 0 Å². The zero-order valence-electron chi connectivity index (χ0n) is 20.5. The molecule has 2 saturated heterocycles. The molecule has 186 valence electrons. The van der Waals surface area contributed by atoms with Crippen LogP contribution in [0, 0.1) is 5.92 Å². The monoisotopic (exact) mass is 545 g/mol. The third-order valence-corrected chi connectivity index (χ3v) is 8.32. The second-order valence-electron chi connectivity index (χ2n) is 10.0. The molecule has 2 fully saturated rings. The van der Waals surface area contributed by atoms with E-state index in [4.69, 9.17) is 9.40 Å². The van der Waals surface area contributed by atoms with Gasteiger partial charge in [0.05, 0.1) is 23.6 Å². The maximum Gasteiger partial charge on any atom is 0.160 e. The molecule has 3 aromatic heterocycles. The highest BCUT2D eigenvalue weighted by Gasteiger charge is 2.29. The summed E-state index contributed by atoms with van der Waals surface area (Å²) in [6, 6.07) is 14.9. The Kier molecular flexibility index (Phi) is 6.67. The van der Waals surface area contributed by atoms with Crippen LogP contribution in [0.25, 0.3) is 22.6 Å². The Morgan fingerprint density at radius 2 is 1.86 bits per heavy atom. The highest BCUT2D eigenvalue weighted by molar-refractivity contribution is 9.10. The maximum atomic E-state index is 5.23. The Balaban J connectivity index is 1.13. The van der Waals surface area contributed by atoms with Crippen molar-refractivity contribution in [3.8, 4) is 11.5 Å². The van der Waals surface area contributed by atoms with E-state index in [1.54, 1.807) is 6.26 Å². The molecule has 0 spiro atoms. The van der Waals surface area contributed by atoms with E-state index in [0.29, 0.717) is 12.0 Å². The standard InChI is InChI=1S/C29H32BrN5O/c1-21(23-7-13-33(14-8-23)19-22-11-17-36-20-22)34-15-9-25(10-16-34)35-28-6-5-24(30)18-27(28)32-29(35)26-4-2-3-12-31-26/h2-6,11-12,17-18,20,23,25H,1,7-10,13-16,19H2. The fourth-order valence-electron chi connectivity index (χ4n) is 5.85. The number of benzene rings is 1. The molecule has 0 bridgehead atoms. The molecule has 5 heterocycles. The van der Waals surface area contributed by atoms with Crippen molar-refractivity contribution in [1.82, 2.24) is 24.3 Å². The van der Waals surface area contributed by atoms with Crippen LogP contribution < -0.4 is 0 Å². The molecule has 7 heteroatoms. The van der Waals surface area contributed by atoms with Crippen LogP contribution in [0.5, 0.6) is 0 Å². The minimum Gasteiger partial charge on any atom is -0.472 e. The molecule has 6 nitrogen and oxygen atoms in total. The average molecular weight is 547 g/mol. The Morgan fingerprint density at radius 3 is 2.58 bits per heavy atom. The highest BCUT2D eigenvalue weighted by atomic mass is 79.9. The first-order valence-electron chi connectivity index (χ1n) is 12.9. The Bertz CT molecular complexity index is 1320. The number of nitrogens with zero attached hydrogens (tertiary/aromatic N) is 5. The summed E-state index contributed by atoms with van der Waals surface area (Å²) in [5.41, 5.74) is 5.72. The number of hydrogen-bond donors (Lipinski definition) is 0. The second-order valence-corrected chi connectivity index (χ2v) is 11.0. The summed E-state index contributed by atoms with van der Waals surface area (Å²) >= 11 is 3.61. The minimum absolute atomic E-state index is 0.397. The average Bonchev–Trinajstić information content (AvgIpc) is 3.57. The molecule has 0 saturated carbocycles. The zero-order valence-corrected chi connectivity index (χ0v) is 22.1. The molecule has 0 atom stereocenters. The molecule has 0 N–H and O–H groups in total. The van der Waals surface area contributed by atoms with E-state index >= 15 is 0 Å². The molecule has 36 heavy (non-hydrogen) atoms. The van der Waals surface area contributed by atoms with Gasteiger partial charge in [-0.25, -0.2) is 4.98 Å². The third kappa shape index (κ3) is 4.74. The van der Waals surface area contributed by atoms with Crippen molar-refractivity contribution < 1.29 is 4.42 Å². The SMILES string of the molecule is C=C(C1CCN(Cc2ccoc2)CC1)N1CCC(n2c(-c3ccccn3)nc3cc(Br)ccc32)CC1. The van der Waals surface area contributed by atoms with Gasteiger partial charge in [0.2, 0.25) is 0 Å². The van der Waals surface area contributed by atoms with E-state index in [1.807, 2.05) is 24.6 Å². The van der Waals surface area contributed by atoms with E-state index in [9.17, 15) is 0 Å². The van der Waals surface area contributed by atoms with Gasteiger partial charge in [-0.1, -0.05) is 28.6 Å². The molecule has 1 aromatic carbocycles. The van der Waals surface area contributed by atoms with Crippen molar-refractivity contribution in [2.45, 2.75) is 38.3 Å². The van der Waals surface area contributed by atoms with Crippen molar-refractivity contribution in [1.29, 1.82) is 0 Å². The Hall–Kier alpha value is -2.90. The molecular weight excluding hydrogens is 514 g/mol. The van der Waals surface area contributed by atoms with Gasteiger partial charge in [-0.2, -0.15) is 0 Å². The zero-order chi connectivity index (χ0) is 24.5. The lowest BCUT2D eigenvalue weighted by atomic mass is 9.91. The van der Waals surface area contributed by atoms with Crippen molar-refractivity contribution in [3.63, 3.8) is 0 Å². The number of rotatable bonds is 6. The lowest BCUT2D eigenvalue weighted by Gasteiger charge is -2.41. The van der Waals surface area contributed by atoms with Crippen LogP contribution in [0.2, 0.25) is 0 Å². The number of allylic oxidation sites excluding steroid dienone is 1.